The quantitative estimate of drug-likeness (QED) is 0.578. The average Bonchev–Trinajstić information content (AvgIpc) is 2.36. The molecule has 1 aromatic rings. The Kier molecular flexibility index (Phi) is 12.3. The third-order valence-electron chi connectivity index (χ3n) is 2.29. The van der Waals surface area contributed by atoms with Crippen molar-refractivity contribution in [2.75, 3.05) is 0 Å². The molecule has 0 radical (unpaired) electrons. The van der Waals surface area contributed by atoms with Crippen LogP contribution in [0.25, 0.3) is 0 Å². The van der Waals surface area contributed by atoms with E-state index in [0.29, 0.717) is 5.92 Å². The lowest BCUT2D eigenvalue weighted by Gasteiger charge is -2.11. The largest absolute Gasteiger partial charge is 0.0840 e. The van der Waals surface area contributed by atoms with Crippen LogP contribution in [0.15, 0.2) is 18.2 Å². The molecule has 0 bridgehead atoms. The van der Waals surface area contributed by atoms with Crippen LogP contribution in [0.5, 0.6) is 0 Å². The highest BCUT2D eigenvalue weighted by Gasteiger charge is 2.06. The minimum atomic E-state index is 0.567. The third kappa shape index (κ3) is 6.17. The van der Waals surface area contributed by atoms with Crippen LogP contribution >= 0.6 is 11.6 Å². The van der Waals surface area contributed by atoms with Crippen LogP contribution in [0.3, 0.4) is 0 Å². The smallest absolute Gasteiger partial charge is 0.0440 e. The van der Waals surface area contributed by atoms with Crippen molar-refractivity contribution in [3.05, 3.63) is 34.3 Å². The lowest BCUT2D eigenvalue weighted by Crippen LogP contribution is -1.92. The normalized spacial score (nSPS) is 10.5. The zero-order chi connectivity index (χ0) is 13.1. The second-order valence-electron chi connectivity index (χ2n) is 3.33. The summed E-state index contributed by atoms with van der Waals surface area (Å²) in [5.41, 5.74) is 2.56. The zero-order valence-electron chi connectivity index (χ0n) is 11.9. The summed E-state index contributed by atoms with van der Waals surface area (Å²) >= 11 is 6.07. The maximum Gasteiger partial charge on any atom is 0.0440 e. The van der Waals surface area contributed by atoms with Gasteiger partial charge in [0.2, 0.25) is 0 Å². The lowest BCUT2D eigenvalue weighted by molar-refractivity contribution is 0.733. The van der Waals surface area contributed by atoms with Crippen molar-refractivity contribution in [2.24, 2.45) is 0 Å². The van der Waals surface area contributed by atoms with Gasteiger partial charge in [0.25, 0.3) is 0 Å². The molecule has 0 saturated heterocycles. The highest BCUT2D eigenvalue weighted by atomic mass is 35.5. The minimum absolute atomic E-state index is 0.567. The molecule has 1 rings (SSSR count). The number of hydrogen-bond donors (Lipinski definition) is 0. The molecule has 1 atom stereocenters. The first-order chi connectivity index (χ1) is 7.65. The van der Waals surface area contributed by atoms with Gasteiger partial charge >= 0.3 is 0 Å². The van der Waals surface area contributed by atoms with Crippen LogP contribution in [0.4, 0.5) is 0 Å². The molecule has 0 aromatic heterocycles. The summed E-state index contributed by atoms with van der Waals surface area (Å²) in [6, 6.07) is 6.21. The van der Waals surface area contributed by atoms with Crippen molar-refractivity contribution in [1.82, 2.24) is 0 Å². The molecule has 0 fully saturated rings. The van der Waals surface area contributed by atoms with Gasteiger partial charge in [-0.25, -0.2) is 0 Å². The minimum Gasteiger partial charge on any atom is -0.0840 e. The monoisotopic (exact) mass is 242 g/mol. The van der Waals surface area contributed by atoms with Gasteiger partial charge < -0.3 is 0 Å². The van der Waals surface area contributed by atoms with Crippen LogP contribution in [-0.2, 0) is 0 Å². The summed E-state index contributed by atoms with van der Waals surface area (Å²) in [6.45, 7) is 14.5. The fourth-order valence-electron chi connectivity index (χ4n) is 1.26. The van der Waals surface area contributed by atoms with Crippen LogP contribution in [0.1, 0.15) is 65.0 Å². The summed E-state index contributed by atoms with van der Waals surface area (Å²) in [4.78, 5) is 0. The molecular formula is C15H27Cl. The highest BCUT2D eigenvalue weighted by Crippen LogP contribution is 2.27. The standard InChI is InChI=1S/C11H15Cl.2C2H6/c1-4-9(3)10-7-8(2)5-6-11(10)12;2*1-2/h5-7,9H,4H2,1-3H3;2*1-2H3. The van der Waals surface area contributed by atoms with Gasteiger partial charge in [0.1, 0.15) is 0 Å². The Hall–Kier alpha value is -0.490. The number of hydrogen-bond acceptors (Lipinski definition) is 0. The van der Waals surface area contributed by atoms with E-state index < -0.39 is 0 Å². The van der Waals surface area contributed by atoms with Gasteiger partial charge in [-0.05, 0) is 30.9 Å². The Morgan fingerprint density at radius 3 is 2.06 bits per heavy atom. The fourth-order valence-corrected chi connectivity index (χ4v) is 1.56. The van der Waals surface area contributed by atoms with E-state index in [2.05, 4.69) is 26.8 Å². The second-order valence-corrected chi connectivity index (χ2v) is 3.74. The molecule has 1 heteroatoms. The van der Waals surface area contributed by atoms with Gasteiger partial charge in [0.05, 0.1) is 0 Å². The first-order valence-electron chi connectivity index (χ1n) is 6.41. The highest BCUT2D eigenvalue weighted by molar-refractivity contribution is 6.31. The van der Waals surface area contributed by atoms with Crippen molar-refractivity contribution >= 4 is 11.6 Å². The van der Waals surface area contributed by atoms with Crippen molar-refractivity contribution in [3.8, 4) is 0 Å². The summed E-state index contributed by atoms with van der Waals surface area (Å²) < 4.78 is 0. The number of benzene rings is 1. The summed E-state index contributed by atoms with van der Waals surface area (Å²) in [6.07, 6.45) is 1.14. The van der Waals surface area contributed by atoms with Crippen LogP contribution < -0.4 is 0 Å². The first-order valence-corrected chi connectivity index (χ1v) is 6.79. The molecule has 0 N–H and O–H groups in total. The molecule has 0 nitrogen and oxygen atoms in total. The maximum absolute atomic E-state index is 6.07. The van der Waals surface area contributed by atoms with E-state index in [4.69, 9.17) is 11.6 Å². The van der Waals surface area contributed by atoms with E-state index in [-0.39, 0.29) is 0 Å². The van der Waals surface area contributed by atoms with E-state index in [1.165, 1.54) is 11.1 Å². The summed E-state index contributed by atoms with van der Waals surface area (Å²) in [5, 5.41) is 0.898. The second kappa shape index (κ2) is 11.0. The molecule has 0 spiro atoms. The molecule has 0 aliphatic rings. The molecule has 0 aliphatic carbocycles. The molecule has 16 heavy (non-hydrogen) atoms. The molecule has 1 unspecified atom stereocenters. The first kappa shape index (κ1) is 17.9. The molecule has 0 heterocycles. The van der Waals surface area contributed by atoms with E-state index in [0.717, 1.165) is 11.4 Å². The maximum atomic E-state index is 6.07. The molecule has 0 amide bonds. The van der Waals surface area contributed by atoms with Crippen molar-refractivity contribution < 1.29 is 0 Å². The van der Waals surface area contributed by atoms with Gasteiger partial charge in [-0.1, -0.05) is 70.8 Å². The van der Waals surface area contributed by atoms with Crippen LogP contribution in [-0.4, -0.2) is 0 Å². The zero-order valence-corrected chi connectivity index (χ0v) is 12.7. The Morgan fingerprint density at radius 1 is 1.12 bits per heavy atom. The van der Waals surface area contributed by atoms with Gasteiger partial charge in [-0.15, -0.1) is 0 Å². The molecular weight excluding hydrogens is 216 g/mol. The van der Waals surface area contributed by atoms with Crippen molar-refractivity contribution in [3.63, 3.8) is 0 Å². The Balaban J connectivity index is 0. The average molecular weight is 243 g/mol. The number of rotatable bonds is 2. The fraction of sp³-hybridized carbons (Fsp3) is 0.600. The van der Waals surface area contributed by atoms with E-state index >= 15 is 0 Å². The van der Waals surface area contributed by atoms with E-state index in [9.17, 15) is 0 Å². The van der Waals surface area contributed by atoms with Gasteiger partial charge in [-0.3, -0.25) is 0 Å². The topological polar surface area (TPSA) is 0 Å². The Morgan fingerprint density at radius 2 is 1.62 bits per heavy atom. The van der Waals surface area contributed by atoms with Gasteiger partial charge in [0, 0.05) is 5.02 Å². The van der Waals surface area contributed by atoms with Gasteiger partial charge in [0.15, 0.2) is 0 Å². The molecule has 0 aliphatic heterocycles. The van der Waals surface area contributed by atoms with E-state index in [1.54, 1.807) is 0 Å². The number of halogens is 1. The van der Waals surface area contributed by atoms with Gasteiger partial charge in [-0.2, -0.15) is 0 Å². The SMILES string of the molecule is CC.CC.CCC(C)c1cc(C)ccc1Cl. The van der Waals surface area contributed by atoms with Crippen LogP contribution in [0, 0.1) is 6.92 Å². The van der Waals surface area contributed by atoms with E-state index in [1.807, 2.05) is 39.8 Å². The lowest BCUT2D eigenvalue weighted by atomic mass is 9.97. The Bertz CT molecular complexity index is 266. The Labute approximate surface area is 107 Å². The third-order valence-corrected chi connectivity index (χ3v) is 2.64. The van der Waals surface area contributed by atoms with Crippen molar-refractivity contribution in [1.29, 1.82) is 0 Å². The predicted molar refractivity (Wildman–Crippen MR) is 77.6 cm³/mol. The predicted octanol–water partition coefficient (Wildman–Crippen LogP) is 6.21. The molecule has 1 aromatic carbocycles. The molecule has 94 valence electrons. The summed E-state index contributed by atoms with van der Waals surface area (Å²) in [5.74, 6) is 0.567. The summed E-state index contributed by atoms with van der Waals surface area (Å²) in [7, 11) is 0. The number of aryl methyl sites for hydroxylation is 1. The molecule has 0 saturated carbocycles. The van der Waals surface area contributed by atoms with Crippen molar-refractivity contribution in [2.45, 2.75) is 60.8 Å². The van der Waals surface area contributed by atoms with Crippen LogP contribution in [0.2, 0.25) is 5.02 Å².